The van der Waals surface area contributed by atoms with Crippen LogP contribution in [-0.2, 0) is 4.79 Å². The monoisotopic (exact) mass is 394 g/mol. The predicted octanol–water partition coefficient (Wildman–Crippen LogP) is 4.55. The molecule has 1 amide bonds. The summed E-state index contributed by atoms with van der Waals surface area (Å²) in [5, 5.41) is 1.70. The molecule has 144 valence electrons. The quantitative estimate of drug-likeness (QED) is 0.575. The first kappa shape index (κ1) is 18.7. The van der Waals surface area contributed by atoms with Crippen LogP contribution in [0.4, 0.5) is 11.5 Å². The lowest BCUT2D eigenvalue weighted by Gasteiger charge is -2.34. The van der Waals surface area contributed by atoms with Crippen LogP contribution in [0.1, 0.15) is 19.3 Å². The third-order valence-corrected chi connectivity index (χ3v) is 5.69. The number of halogens is 1. The Kier molecular flexibility index (Phi) is 5.72. The van der Waals surface area contributed by atoms with Gasteiger partial charge in [-0.3, -0.25) is 9.78 Å². The number of hydrogen-bond acceptors (Lipinski definition) is 4. The summed E-state index contributed by atoms with van der Waals surface area (Å²) < 4.78 is 0. The molecule has 1 aromatic carbocycles. The molecular weight excluding hydrogens is 372 g/mol. The van der Waals surface area contributed by atoms with Gasteiger partial charge in [0, 0.05) is 37.4 Å². The maximum absolute atomic E-state index is 11.8. The molecule has 0 aliphatic carbocycles. The number of anilines is 2. The second-order valence-electron chi connectivity index (χ2n) is 7.20. The van der Waals surface area contributed by atoms with Crippen LogP contribution in [0, 0.1) is 5.92 Å². The van der Waals surface area contributed by atoms with Crippen LogP contribution >= 0.6 is 11.6 Å². The van der Waals surface area contributed by atoms with Gasteiger partial charge in [0.2, 0.25) is 6.41 Å². The van der Waals surface area contributed by atoms with Crippen molar-refractivity contribution >= 4 is 40.4 Å². The average Bonchev–Trinajstić information content (AvgIpc) is 2.75. The molecule has 1 fully saturated rings. The minimum Gasteiger partial charge on any atom is -0.355 e. The van der Waals surface area contributed by atoms with Crippen LogP contribution in [0.5, 0.6) is 0 Å². The Labute approximate surface area is 170 Å². The van der Waals surface area contributed by atoms with E-state index in [1.807, 2.05) is 42.5 Å². The van der Waals surface area contributed by atoms with Crippen molar-refractivity contribution in [3.8, 4) is 0 Å². The summed E-state index contributed by atoms with van der Waals surface area (Å²) in [5.41, 5.74) is 1.82. The number of fused-ring (bicyclic) bond motifs is 1. The van der Waals surface area contributed by atoms with E-state index < -0.39 is 0 Å². The Morgan fingerprint density at radius 1 is 1.14 bits per heavy atom. The topological polar surface area (TPSA) is 49.3 Å². The summed E-state index contributed by atoms with van der Waals surface area (Å²) in [6.07, 6.45) is 7.69. The number of carbonyl (C=O) groups excluding carboxylic acids is 1. The van der Waals surface area contributed by atoms with Gasteiger partial charge >= 0.3 is 0 Å². The molecule has 1 aliphatic rings. The van der Waals surface area contributed by atoms with E-state index in [1.165, 1.54) is 0 Å². The first-order chi connectivity index (χ1) is 13.8. The zero-order chi connectivity index (χ0) is 19.3. The van der Waals surface area contributed by atoms with E-state index in [1.54, 1.807) is 17.3 Å². The second-order valence-corrected chi connectivity index (χ2v) is 7.61. The van der Waals surface area contributed by atoms with E-state index in [0.29, 0.717) is 17.5 Å². The van der Waals surface area contributed by atoms with Crippen LogP contribution < -0.4 is 9.80 Å². The average molecular weight is 395 g/mol. The maximum Gasteiger partial charge on any atom is 0.214 e. The third-order valence-electron chi connectivity index (χ3n) is 5.40. The molecule has 1 saturated heterocycles. The third kappa shape index (κ3) is 3.94. The molecule has 0 radical (unpaired) electrons. The van der Waals surface area contributed by atoms with Gasteiger partial charge in [0.25, 0.3) is 0 Å². The molecule has 2 aromatic heterocycles. The highest BCUT2D eigenvalue weighted by Gasteiger charge is 2.23. The number of nitrogens with zero attached hydrogens (tertiary/aromatic N) is 4. The Hall–Kier alpha value is -2.66. The first-order valence-electron chi connectivity index (χ1n) is 9.67. The zero-order valence-corrected chi connectivity index (χ0v) is 16.4. The maximum atomic E-state index is 11.8. The molecule has 3 heterocycles. The highest BCUT2D eigenvalue weighted by atomic mass is 35.5. The standard InChI is InChI=1S/C22H23ClN4O/c23-19-7-3-12-25-22(19)26-13-4-5-17(15-26)10-14-27(16-28)21-9-1-8-20-18(21)6-2-11-24-20/h1-3,6-9,11-12,16-17H,4-5,10,13-15H2/t17-/m0/s1. The van der Waals surface area contributed by atoms with Crippen molar-refractivity contribution in [2.24, 2.45) is 5.92 Å². The van der Waals surface area contributed by atoms with Gasteiger partial charge in [-0.1, -0.05) is 17.7 Å². The van der Waals surface area contributed by atoms with Crippen molar-refractivity contribution in [1.29, 1.82) is 0 Å². The highest BCUT2D eigenvalue weighted by molar-refractivity contribution is 6.32. The lowest BCUT2D eigenvalue weighted by atomic mass is 9.94. The first-order valence-corrected chi connectivity index (χ1v) is 10.0. The van der Waals surface area contributed by atoms with E-state index in [2.05, 4.69) is 14.9 Å². The number of pyridine rings is 2. The molecule has 5 nitrogen and oxygen atoms in total. The number of benzene rings is 1. The smallest absolute Gasteiger partial charge is 0.214 e. The van der Waals surface area contributed by atoms with Gasteiger partial charge in [-0.15, -0.1) is 0 Å². The molecule has 0 unspecified atom stereocenters. The van der Waals surface area contributed by atoms with Gasteiger partial charge in [-0.25, -0.2) is 4.98 Å². The molecule has 0 N–H and O–H groups in total. The summed E-state index contributed by atoms with van der Waals surface area (Å²) in [6.45, 7) is 2.58. The minimum atomic E-state index is 0.502. The summed E-state index contributed by atoms with van der Waals surface area (Å²) in [6, 6.07) is 13.6. The fourth-order valence-corrected chi connectivity index (χ4v) is 4.23. The zero-order valence-electron chi connectivity index (χ0n) is 15.7. The Bertz CT molecular complexity index is 959. The van der Waals surface area contributed by atoms with Crippen molar-refractivity contribution in [2.75, 3.05) is 29.4 Å². The summed E-state index contributed by atoms with van der Waals surface area (Å²) in [7, 11) is 0. The molecule has 6 heteroatoms. The van der Waals surface area contributed by atoms with E-state index in [4.69, 9.17) is 11.6 Å². The number of aromatic nitrogens is 2. The number of carbonyl (C=O) groups is 1. The van der Waals surface area contributed by atoms with Gasteiger partial charge in [-0.2, -0.15) is 0 Å². The molecule has 28 heavy (non-hydrogen) atoms. The fourth-order valence-electron chi connectivity index (χ4n) is 3.99. The van der Waals surface area contributed by atoms with Crippen LogP contribution in [0.3, 0.4) is 0 Å². The number of amides is 1. The van der Waals surface area contributed by atoms with Crippen molar-refractivity contribution < 1.29 is 4.79 Å². The highest BCUT2D eigenvalue weighted by Crippen LogP contribution is 2.30. The van der Waals surface area contributed by atoms with E-state index in [-0.39, 0.29) is 0 Å². The molecule has 4 rings (SSSR count). The van der Waals surface area contributed by atoms with Gasteiger partial charge in [0.15, 0.2) is 0 Å². The van der Waals surface area contributed by atoms with Crippen LogP contribution in [-0.4, -0.2) is 36.0 Å². The summed E-state index contributed by atoms with van der Waals surface area (Å²) in [5.74, 6) is 1.36. The van der Waals surface area contributed by atoms with Crippen LogP contribution in [0.2, 0.25) is 5.02 Å². The fraction of sp³-hybridized carbons (Fsp3) is 0.318. The molecular formula is C22H23ClN4O. The SMILES string of the molecule is O=CN(CC[C@@H]1CCCN(c2ncccc2Cl)C1)c1cccc2ncccc12. The van der Waals surface area contributed by atoms with Gasteiger partial charge < -0.3 is 9.80 Å². The molecule has 3 aromatic rings. The van der Waals surface area contributed by atoms with Crippen molar-refractivity contribution in [1.82, 2.24) is 9.97 Å². The normalized spacial score (nSPS) is 16.9. The van der Waals surface area contributed by atoms with Gasteiger partial charge in [0.1, 0.15) is 5.82 Å². The number of hydrogen-bond donors (Lipinski definition) is 0. The van der Waals surface area contributed by atoms with Crippen LogP contribution in [0.25, 0.3) is 10.9 Å². The van der Waals surface area contributed by atoms with Crippen molar-refractivity contribution in [2.45, 2.75) is 19.3 Å². The largest absolute Gasteiger partial charge is 0.355 e. The molecule has 1 atom stereocenters. The summed E-state index contributed by atoms with van der Waals surface area (Å²) in [4.78, 5) is 24.7. The van der Waals surface area contributed by atoms with E-state index >= 15 is 0 Å². The van der Waals surface area contributed by atoms with Gasteiger partial charge in [-0.05, 0) is 61.6 Å². The van der Waals surface area contributed by atoms with Gasteiger partial charge in [0.05, 0.1) is 16.2 Å². The van der Waals surface area contributed by atoms with Crippen molar-refractivity contribution in [3.63, 3.8) is 0 Å². The van der Waals surface area contributed by atoms with Crippen LogP contribution in [0.15, 0.2) is 54.9 Å². The molecule has 0 bridgehead atoms. The number of piperidine rings is 1. The summed E-state index contributed by atoms with van der Waals surface area (Å²) >= 11 is 6.33. The molecule has 0 saturated carbocycles. The Balaban J connectivity index is 1.45. The second kappa shape index (κ2) is 8.57. The lowest BCUT2D eigenvalue weighted by molar-refractivity contribution is -0.107. The lowest BCUT2D eigenvalue weighted by Crippen LogP contribution is -2.37. The van der Waals surface area contributed by atoms with Crippen molar-refractivity contribution in [3.05, 3.63) is 59.9 Å². The Morgan fingerprint density at radius 3 is 2.86 bits per heavy atom. The minimum absolute atomic E-state index is 0.502. The number of rotatable bonds is 6. The predicted molar refractivity (Wildman–Crippen MR) is 114 cm³/mol. The Morgan fingerprint density at radius 2 is 2.00 bits per heavy atom. The van der Waals surface area contributed by atoms with E-state index in [9.17, 15) is 4.79 Å². The van der Waals surface area contributed by atoms with E-state index in [0.717, 1.165) is 61.2 Å². The molecule has 0 spiro atoms. The molecule has 1 aliphatic heterocycles.